The second kappa shape index (κ2) is 7.63. The lowest BCUT2D eigenvalue weighted by Crippen LogP contribution is -2.46. The van der Waals surface area contributed by atoms with E-state index in [1.807, 2.05) is 36.4 Å². The van der Waals surface area contributed by atoms with E-state index in [4.69, 9.17) is 14.3 Å². The molecular formula is C19H20N4O4. The molecule has 1 saturated heterocycles. The van der Waals surface area contributed by atoms with Gasteiger partial charge in [-0.2, -0.15) is 0 Å². The first kappa shape index (κ1) is 17.3. The van der Waals surface area contributed by atoms with Crippen LogP contribution in [0.25, 0.3) is 0 Å². The number of hydrogen-bond donors (Lipinski definition) is 1. The first-order valence-electron chi connectivity index (χ1n) is 8.78. The summed E-state index contributed by atoms with van der Waals surface area (Å²) in [5, 5.41) is 0. The van der Waals surface area contributed by atoms with Gasteiger partial charge < -0.3 is 14.4 Å². The Morgan fingerprint density at radius 2 is 1.93 bits per heavy atom. The zero-order chi connectivity index (χ0) is 18.5. The zero-order valence-electron chi connectivity index (χ0n) is 14.7. The number of aromatic nitrogens is 2. The van der Waals surface area contributed by atoms with Crippen LogP contribution < -0.4 is 10.2 Å². The highest BCUT2D eigenvalue weighted by atomic mass is 16.7. The first-order chi connectivity index (χ1) is 13.2. The van der Waals surface area contributed by atoms with Crippen LogP contribution in [0.1, 0.15) is 18.4 Å². The van der Waals surface area contributed by atoms with Gasteiger partial charge in [-0.1, -0.05) is 30.3 Å². The number of hydrogen-bond acceptors (Lipinski definition) is 7. The number of benzene rings is 1. The van der Waals surface area contributed by atoms with Crippen LogP contribution in [0.3, 0.4) is 0 Å². The van der Waals surface area contributed by atoms with Gasteiger partial charge in [0.2, 0.25) is 5.88 Å². The molecule has 0 bridgehead atoms. The molecule has 4 rings (SSSR count). The van der Waals surface area contributed by atoms with Crippen molar-refractivity contribution in [1.29, 1.82) is 0 Å². The van der Waals surface area contributed by atoms with E-state index in [-0.39, 0.29) is 12.7 Å². The summed E-state index contributed by atoms with van der Waals surface area (Å²) >= 11 is 0. The molecule has 140 valence electrons. The Balaban J connectivity index is 1.29. The molecule has 1 amide bonds. The number of carbonyl (C=O) groups excluding carboxylic acids is 1. The minimum Gasteiger partial charge on any atom is -0.445 e. The maximum Gasteiger partial charge on any atom is 0.410 e. The van der Waals surface area contributed by atoms with E-state index in [1.165, 1.54) is 6.33 Å². The molecule has 0 atom stereocenters. The molecule has 1 spiro atoms. The number of piperidine rings is 1. The molecule has 0 aliphatic carbocycles. The Bertz CT molecular complexity index is 805. The number of likely N-dealkylation sites (tertiary alicyclic amines) is 1. The summed E-state index contributed by atoms with van der Waals surface area (Å²) in [6.45, 7) is 1.37. The Kier molecular flexibility index (Phi) is 4.88. The third-order valence-electron chi connectivity index (χ3n) is 4.59. The molecule has 0 unspecified atom stereocenters. The molecular weight excluding hydrogens is 348 g/mol. The normalized spacial score (nSPS) is 17.9. The van der Waals surface area contributed by atoms with Crippen LogP contribution >= 0.6 is 0 Å². The monoisotopic (exact) mass is 368 g/mol. The molecule has 0 saturated carbocycles. The number of nitrogens with one attached hydrogen (secondary N) is 1. The van der Waals surface area contributed by atoms with E-state index in [9.17, 15) is 4.79 Å². The van der Waals surface area contributed by atoms with Crippen molar-refractivity contribution >= 4 is 6.09 Å². The average molecular weight is 368 g/mol. The van der Waals surface area contributed by atoms with Crippen molar-refractivity contribution in [2.45, 2.75) is 25.0 Å². The lowest BCUT2D eigenvalue weighted by Gasteiger charge is -2.35. The van der Waals surface area contributed by atoms with Gasteiger partial charge in [-0.05, 0) is 5.56 Å². The molecule has 3 heterocycles. The smallest absolute Gasteiger partial charge is 0.410 e. The summed E-state index contributed by atoms with van der Waals surface area (Å²) in [6.07, 6.45) is 7.50. The van der Waals surface area contributed by atoms with Gasteiger partial charge in [0.15, 0.2) is 5.75 Å². The highest BCUT2D eigenvalue weighted by Crippen LogP contribution is 2.32. The topological polar surface area (TPSA) is 85.8 Å². The Labute approximate surface area is 156 Å². The van der Waals surface area contributed by atoms with Crippen LogP contribution in [-0.4, -0.2) is 39.7 Å². The first-order valence-corrected chi connectivity index (χ1v) is 8.78. The third-order valence-corrected chi connectivity index (χ3v) is 4.59. The third kappa shape index (κ3) is 4.17. The molecule has 2 aliphatic heterocycles. The molecule has 1 aromatic heterocycles. The van der Waals surface area contributed by atoms with Gasteiger partial charge in [0.05, 0.1) is 12.4 Å². The van der Waals surface area contributed by atoms with Crippen molar-refractivity contribution in [1.82, 2.24) is 20.3 Å². The summed E-state index contributed by atoms with van der Waals surface area (Å²) in [6, 6.07) is 9.64. The van der Waals surface area contributed by atoms with Gasteiger partial charge in [-0.15, -0.1) is 0 Å². The largest absolute Gasteiger partial charge is 0.445 e. The van der Waals surface area contributed by atoms with Crippen molar-refractivity contribution in [3.8, 4) is 5.75 Å². The molecule has 8 heteroatoms. The van der Waals surface area contributed by atoms with Crippen LogP contribution in [0, 0.1) is 0 Å². The molecule has 1 N–H and O–H groups in total. The van der Waals surface area contributed by atoms with Crippen molar-refractivity contribution < 1.29 is 19.1 Å². The van der Waals surface area contributed by atoms with E-state index >= 15 is 0 Å². The summed E-state index contributed by atoms with van der Waals surface area (Å²) in [5.74, 6) is 1.03. The van der Waals surface area contributed by atoms with Gasteiger partial charge >= 0.3 is 6.09 Å². The minimum atomic E-state index is -0.485. The quantitative estimate of drug-likeness (QED) is 0.887. The maximum absolute atomic E-state index is 12.3. The van der Waals surface area contributed by atoms with E-state index in [0.717, 1.165) is 5.56 Å². The molecule has 27 heavy (non-hydrogen) atoms. The van der Waals surface area contributed by atoms with Gasteiger partial charge in [0.25, 0.3) is 0 Å². The zero-order valence-corrected chi connectivity index (χ0v) is 14.7. The van der Waals surface area contributed by atoms with E-state index in [0.29, 0.717) is 37.6 Å². The highest BCUT2D eigenvalue weighted by Gasteiger charge is 2.40. The summed E-state index contributed by atoms with van der Waals surface area (Å²) < 4.78 is 11.1. The fourth-order valence-electron chi connectivity index (χ4n) is 3.09. The lowest BCUT2D eigenvalue weighted by atomic mass is 9.92. The Morgan fingerprint density at radius 1 is 1.19 bits per heavy atom. The van der Waals surface area contributed by atoms with E-state index in [1.54, 1.807) is 17.3 Å². The molecule has 2 aromatic rings. The van der Waals surface area contributed by atoms with E-state index < -0.39 is 5.60 Å². The Morgan fingerprint density at radius 3 is 2.67 bits per heavy atom. The number of ether oxygens (including phenoxy) is 2. The van der Waals surface area contributed by atoms with Crippen LogP contribution in [-0.2, 0) is 16.2 Å². The molecule has 1 aromatic carbocycles. The second-order valence-corrected chi connectivity index (χ2v) is 6.48. The minimum absolute atomic E-state index is 0.274. The summed E-state index contributed by atoms with van der Waals surface area (Å²) in [4.78, 5) is 27.5. The van der Waals surface area contributed by atoms with E-state index in [2.05, 4.69) is 15.4 Å². The van der Waals surface area contributed by atoms with Gasteiger partial charge in [-0.3, -0.25) is 4.84 Å². The predicted octanol–water partition coefficient (Wildman–Crippen LogP) is 2.40. The standard InChI is InChI=1S/C19H20N4O4/c24-18(25-13-15-4-2-1-3-5-15)23-8-6-19(7-9-23)10-17(22-27-19)26-16-11-20-14-21-12-16/h1-5,10-12,14,22H,6-9,13H2. The predicted molar refractivity (Wildman–Crippen MR) is 95.1 cm³/mol. The number of rotatable bonds is 4. The number of hydroxylamine groups is 1. The van der Waals surface area contributed by atoms with Gasteiger partial charge in [0.1, 0.15) is 18.5 Å². The maximum atomic E-state index is 12.3. The van der Waals surface area contributed by atoms with Gasteiger partial charge in [0, 0.05) is 32.0 Å². The van der Waals surface area contributed by atoms with Crippen molar-refractivity contribution in [2.75, 3.05) is 13.1 Å². The van der Waals surface area contributed by atoms with Crippen LogP contribution in [0.2, 0.25) is 0 Å². The van der Waals surface area contributed by atoms with Crippen LogP contribution in [0.5, 0.6) is 5.75 Å². The molecule has 1 fully saturated rings. The fraction of sp³-hybridized carbons (Fsp3) is 0.316. The fourth-order valence-corrected chi connectivity index (χ4v) is 3.09. The number of carbonyl (C=O) groups is 1. The average Bonchev–Trinajstić information content (AvgIpc) is 3.10. The van der Waals surface area contributed by atoms with Crippen LogP contribution in [0.4, 0.5) is 4.79 Å². The van der Waals surface area contributed by atoms with Gasteiger partial charge in [-0.25, -0.2) is 20.2 Å². The SMILES string of the molecule is O=C(OCc1ccccc1)N1CCC2(C=C(Oc3cncnc3)NO2)CC1. The molecule has 2 aliphatic rings. The Hall–Kier alpha value is -3.13. The van der Waals surface area contributed by atoms with Crippen molar-refractivity contribution in [3.63, 3.8) is 0 Å². The van der Waals surface area contributed by atoms with Crippen LogP contribution in [0.15, 0.2) is 61.0 Å². The molecule has 8 nitrogen and oxygen atoms in total. The highest BCUT2D eigenvalue weighted by molar-refractivity contribution is 5.67. The molecule has 0 radical (unpaired) electrons. The number of amides is 1. The summed E-state index contributed by atoms with van der Waals surface area (Å²) in [5.41, 5.74) is 3.29. The number of nitrogens with zero attached hydrogens (tertiary/aromatic N) is 3. The summed E-state index contributed by atoms with van der Waals surface area (Å²) in [7, 11) is 0. The van der Waals surface area contributed by atoms with Crippen molar-refractivity contribution in [2.24, 2.45) is 0 Å². The lowest BCUT2D eigenvalue weighted by molar-refractivity contribution is -0.0774. The van der Waals surface area contributed by atoms with Crippen molar-refractivity contribution in [3.05, 3.63) is 66.6 Å². The second-order valence-electron chi connectivity index (χ2n) is 6.48.